The number of nitrogen functional groups attached to an aromatic ring is 1. The van der Waals surface area contributed by atoms with Crippen LogP contribution in [0.3, 0.4) is 0 Å². The number of hydrogen-bond acceptors (Lipinski definition) is 4. The standard InChI is InChI=1S/C23H26N6/c24-18-6-7-21-19(13-18)20(14-25-21)23-26-22(27-28-23)15-29-10-8-17(9-11-29)12-16-4-2-1-3-5-16/h1-7,13-14,17,25H,8-12,15,24H2,(H,26,27,28). The Kier molecular flexibility index (Phi) is 4.77. The number of aromatic amines is 2. The fourth-order valence-electron chi connectivity index (χ4n) is 4.32. The van der Waals surface area contributed by atoms with Crippen molar-refractivity contribution in [3.8, 4) is 11.4 Å². The summed E-state index contributed by atoms with van der Waals surface area (Å²) in [6.45, 7) is 3.03. The van der Waals surface area contributed by atoms with Gasteiger partial charge in [0.2, 0.25) is 0 Å². The molecule has 0 unspecified atom stereocenters. The van der Waals surface area contributed by atoms with Gasteiger partial charge in [0.15, 0.2) is 5.82 Å². The van der Waals surface area contributed by atoms with E-state index in [1.165, 1.54) is 24.8 Å². The van der Waals surface area contributed by atoms with E-state index in [2.05, 4.69) is 50.4 Å². The predicted octanol–water partition coefficient (Wildman–Crippen LogP) is 3.99. The zero-order valence-electron chi connectivity index (χ0n) is 16.4. The van der Waals surface area contributed by atoms with Crippen LogP contribution in [0.15, 0.2) is 54.7 Å². The van der Waals surface area contributed by atoms with E-state index in [1.54, 1.807) is 0 Å². The van der Waals surface area contributed by atoms with E-state index in [9.17, 15) is 0 Å². The SMILES string of the molecule is Nc1ccc2[nH]cc(-c3n[nH]c(CN4CCC(Cc5ccccc5)CC4)n3)c2c1. The van der Waals surface area contributed by atoms with E-state index in [0.717, 1.165) is 59.4 Å². The molecule has 1 saturated heterocycles. The molecule has 0 atom stereocenters. The van der Waals surface area contributed by atoms with Crippen molar-refractivity contribution in [3.63, 3.8) is 0 Å². The summed E-state index contributed by atoms with van der Waals surface area (Å²) in [5.41, 5.74) is 10.2. The lowest BCUT2D eigenvalue weighted by atomic mass is 9.90. The minimum absolute atomic E-state index is 0.718. The average Bonchev–Trinajstić information content (AvgIpc) is 3.36. The number of nitrogens with two attached hydrogens (primary N) is 1. The van der Waals surface area contributed by atoms with E-state index in [-0.39, 0.29) is 0 Å². The smallest absolute Gasteiger partial charge is 0.183 e. The summed E-state index contributed by atoms with van der Waals surface area (Å²) in [5.74, 6) is 2.41. The molecule has 29 heavy (non-hydrogen) atoms. The van der Waals surface area contributed by atoms with Crippen molar-refractivity contribution in [1.29, 1.82) is 0 Å². The maximum Gasteiger partial charge on any atom is 0.183 e. The van der Waals surface area contributed by atoms with Crippen LogP contribution in [0.2, 0.25) is 0 Å². The van der Waals surface area contributed by atoms with Crippen molar-refractivity contribution in [2.45, 2.75) is 25.8 Å². The van der Waals surface area contributed by atoms with Gasteiger partial charge in [-0.25, -0.2) is 4.98 Å². The molecule has 2 aromatic carbocycles. The maximum atomic E-state index is 5.95. The molecule has 6 nitrogen and oxygen atoms in total. The van der Waals surface area contributed by atoms with Crippen LogP contribution in [0.1, 0.15) is 24.2 Å². The molecule has 1 aliphatic rings. The summed E-state index contributed by atoms with van der Waals surface area (Å²) >= 11 is 0. The normalized spacial score (nSPS) is 15.9. The number of hydrogen-bond donors (Lipinski definition) is 3. The second-order valence-corrected chi connectivity index (χ2v) is 8.02. The highest BCUT2D eigenvalue weighted by Gasteiger charge is 2.21. The predicted molar refractivity (Wildman–Crippen MR) is 116 cm³/mol. The summed E-state index contributed by atoms with van der Waals surface area (Å²) in [4.78, 5) is 10.5. The zero-order chi connectivity index (χ0) is 19.6. The van der Waals surface area contributed by atoms with Crippen LogP contribution in [0, 0.1) is 5.92 Å². The molecule has 0 amide bonds. The van der Waals surface area contributed by atoms with Crippen molar-refractivity contribution in [2.24, 2.45) is 5.92 Å². The van der Waals surface area contributed by atoms with Crippen LogP contribution in [0.25, 0.3) is 22.3 Å². The first-order chi connectivity index (χ1) is 14.2. The third kappa shape index (κ3) is 3.89. The Bertz CT molecular complexity index is 1090. The average molecular weight is 387 g/mol. The first-order valence-electron chi connectivity index (χ1n) is 10.3. The van der Waals surface area contributed by atoms with Crippen molar-refractivity contribution in [2.75, 3.05) is 18.8 Å². The first kappa shape index (κ1) is 17.9. The molecule has 5 rings (SSSR count). The van der Waals surface area contributed by atoms with Gasteiger partial charge in [0, 0.05) is 28.4 Å². The number of nitrogens with zero attached hydrogens (tertiary/aromatic N) is 3. The lowest BCUT2D eigenvalue weighted by Gasteiger charge is -2.31. The van der Waals surface area contributed by atoms with Gasteiger partial charge in [-0.15, -0.1) is 0 Å². The molecule has 0 aliphatic carbocycles. The molecule has 148 valence electrons. The maximum absolute atomic E-state index is 5.95. The van der Waals surface area contributed by atoms with E-state index >= 15 is 0 Å². The molecule has 6 heteroatoms. The third-order valence-corrected chi connectivity index (χ3v) is 5.93. The van der Waals surface area contributed by atoms with Crippen LogP contribution in [-0.2, 0) is 13.0 Å². The van der Waals surface area contributed by atoms with Gasteiger partial charge in [-0.3, -0.25) is 10.00 Å². The largest absolute Gasteiger partial charge is 0.399 e. The van der Waals surface area contributed by atoms with Gasteiger partial charge in [0.25, 0.3) is 0 Å². The van der Waals surface area contributed by atoms with Crippen LogP contribution >= 0.6 is 0 Å². The highest BCUT2D eigenvalue weighted by molar-refractivity contribution is 5.95. The number of piperidine rings is 1. The van der Waals surface area contributed by atoms with Gasteiger partial charge in [-0.05, 0) is 62.0 Å². The number of aromatic nitrogens is 4. The summed E-state index contributed by atoms with van der Waals surface area (Å²) in [6.07, 6.45) is 5.60. The Balaban J connectivity index is 1.21. The molecule has 0 saturated carbocycles. The van der Waals surface area contributed by atoms with Crippen LogP contribution in [0.5, 0.6) is 0 Å². The lowest BCUT2D eigenvalue weighted by molar-refractivity contribution is 0.173. The Hall–Kier alpha value is -3.12. The number of likely N-dealkylation sites (tertiary alicyclic amines) is 1. The van der Waals surface area contributed by atoms with Crippen molar-refractivity contribution in [1.82, 2.24) is 25.1 Å². The number of benzene rings is 2. The molecule has 0 bridgehead atoms. The summed E-state index contributed by atoms with van der Waals surface area (Å²) in [6, 6.07) is 16.7. The van der Waals surface area contributed by atoms with Gasteiger partial charge in [-0.2, -0.15) is 5.10 Å². The lowest BCUT2D eigenvalue weighted by Crippen LogP contribution is -2.34. The molecule has 1 aliphatic heterocycles. The zero-order valence-corrected chi connectivity index (χ0v) is 16.4. The fraction of sp³-hybridized carbons (Fsp3) is 0.304. The Morgan fingerprint density at radius 3 is 2.72 bits per heavy atom. The van der Waals surface area contributed by atoms with Gasteiger partial charge in [0.1, 0.15) is 5.82 Å². The minimum Gasteiger partial charge on any atom is -0.399 e. The van der Waals surface area contributed by atoms with Crippen LogP contribution in [-0.4, -0.2) is 38.2 Å². The van der Waals surface area contributed by atoms with E-state index in [4.69, 9.17) is 10.7 Å². The first-order valence-corrected chi connectivity index (χ1v) is 10.3. The van der Waals surface area contributed by atoms with Gasteiger partial charge < -0.3 is 10.7 Å². The number of nitrogens with one attached hydrogen (secondary N) is 2. The van der Waals surface area contributed by atoms with E-state index in [0.29, 0.717) is 0 Å². The molecule has 1 fully saturated rings. The summed E-state index contributed by atoms with van der Waals surface area (Å²) in [7, 11) is 0. The van der Waals surface area contributed by atoms with Gasteiger partial charge in [0.05, 0.1) is 6.54 Å². The minimum atomic E-state index is 0.718. The van der Waals surface area contributed by atoms with Crippen LogP contribution in [0.4, 0.5) is 5.69 Å². The van der Waals surface area contributed by atoms with Crippen molar-refractivity contribution >= 4 is 16.6 Å². The summed E-state index contributed by atoms with van der Waals surface area (Å²) < 4.78 is 0. The second kappa shape index (κ2) is 7.72. The van der Waals surface area contributed by atoms with Gasteiger partial charge in [-0.1, -0.05) is 30.3 Å². The number of rotatable bonds is 5. The molecule has 0 spiro atoms. The highest BCUT2D eigenvalue weighted by Crippen LogP contribution is 2.28. The highest BCUT2D eigenvalue weighted by atomic mass is 15.3. The Morgan fingerprint density at radius 1 is 1.07 bits per heavy atom. The number of H-pyrrole nitrogens is 2. The molecular formula is C23H26N6. The molecule has 4 aromatic rings. The van der Waals surface area contributed by atoms with Crippen LogP contribution < -0.4 is 5.73 Å². The van der Waals surface area contributed by atoms with Gasteiger partial charge >= 0.3 is 0 Å². The molecule has 0 radical (unpaired) electrons. The van der Waals surface area contributed by atoms with Crippen molar-refractivity contribution in [3.05, 3.63) is 66.1 Å². The van der Waals surface area contributed by atoms with Crippen molar-refractivity contribution < 1.29 is 0 Å². The van der Waals surface area contributed by atoms with E-state index < -0.39 is 0 Å². The number of fused-ring (bicyclic) bond motifs is 1. The molecule has 4 N–H and O–H groups in total. The Morgan fingerprint density at radius 2 is 1.90 bits per heavy atom. The topological polar surface area (TPSA) is 86.6 Å². The number of anilines is 1. The molecule has 3 heterocycles. The fourth-order valence-corrected chi connectivity index (χ4v) is 4.32. The second-order valence-electron chi connectivity index (χ2n) is 8.02. The monoisotopic (exact) mass is 386 g/mol. The quantitative estimate of drug-likeness (QED) is 0.453. The van der Waals surface area contributed by atoms with E-state index in [1.807, 2.05) is 24.4 Å². The Labute approximate surface area is 170 Å². The summed E-state index contributed by atoms with van der Waals surface area (Å²) in [5, 5.41) is 8.63. The molecule has 2 aromatic heterocycles. The molecular weight excluding hydrogens is 360 g/mol. The third-order valence-electron chi connectivity index (χ3n) is 5.93.